The Bertz CT molecular complexity index is 548. The molecule has 19 heavy (non-hydrogen) atoms. The molecule has 0 unspecified atom stereocenters. The average molecular weight is 325 g/mol. The molecule has 0 atom stereocenters. The molecule has 0 bridgehead atoms. The lowest BCUT2D eigenvalue weighted by molar-refractivity contribution is 0.289. The maximum absolute atomic E-state index is 5.95. The summed E-state index contributed by atoms with van der Waals surface area (Å²) in [6.07, 6.45) is 1.85. The predicted octanol–water partition coefficient (Wildman–Crippen LogP) is 2.31. The van der Waals surface area contributed by atoms with Gasteiger partial charge in [0.15, 0.2) is 0 Å². The summed E-state index contributed by atoms with van der Waals surface area (Å²) in [6, 6.07) is 7.74. The highest BCUT2D eigenvalue weighted by Gasteiger charge is 2.18. The van der Waals surface area contributed by atoms with Crippen LogP contribution in [0.2, 0.25) is 0 Å². The standard InChI is InChI=1S/C13H17BrN4O/c1-13(2,15)12-9-18(17-16-12)6-7-19-11-5-3-4-10(14)8-11/h3-5,8-9H,6-7,15H2,1-2H3. The molecule has 1 aromatic carbocycles. The number of benzene rings is 1. The number of ether oxygens (including phenoxy) is 1. The molecule has 0 amide bonds. The Labute approximate surface area is 120 Å². The number of nitrogens with zero attached hydrogens (tertiary/aromatic N) is 3. The van der Waals surface area contributed by atoms with Crippen LogP contribution in [0.3, 0.4) is 0 Å². The van der Waals surface area contributed by atoms with Gasteiger partial charge in [0.25, 0.3) is 0 Å². The molecule has 1 heterocycles. The zero-order chi connectivity index (χ0) is 13.9. The van der Waals surface area contributed by atoms with Crippen molar-refractivity contribution in [2.24, 2.45) is 5.73 Å². The van der Waals surface area contributed by atoms with Crippen molar-refractivity contribution in [3.05, 3.63) is 40.6 Å². The second-order valence-electron chi connectivity index (χ2n) is 4.89. The van der Waals surface area contributed by atoms with Gasteiger partial charge in [-0.1, -0.05) is 27.2 Å². The van der Waals surface area contributed by atoms with Gasteiger partial charge in [-0.15, -0.1) is 5.10 Å². The van der Waals surface area contributed by atoms with E-state index in [2.05, 4.69) is 26.2 Å². The maximum atomic E-state index is 5.95. The molecule has 1 aromatic heterocycles. The molecule has 0 saturated heterocycles. The molecule has 2 aromatic rings. The van der Waals surface area contributed by atoms with E-state index in [0.717, 1.165) is 15.9 Å². The highest BCUT2D eigenvalue weighted by molar-refractivity contribution is 9.10. The van der Waals surface area contributed by atoms with Crippen LogP contribution in [0.1, 0.15) is 19.5 Å². The first-order valence-electron chi connectivity index (χ1n) is 6.03. The van der Waals surface area contributed by atoms with Crippen LogP contribution in [0.4, 0.5) is 0 Å². The Kier molecular flexibility index (Phi) is 4.21. The van der Waals surface area contributed by atoms with Gasteiger partial charge in [0, 0.05) is 4.47 Å². The molecule has 2 rings (SSSR count). The van der Waals surface area contributed by atoms with Crippen LogP contribution in [0.5, 0.6) is 5.75 Å². The van der Waals surface area contributed by atoms with Gasteiger partial charge in [0.2, 0.25) is 0 Å². The van der Waals surface area contributed by atoms with Crippen LogP contribution >= 0.6 is 15.9 Å². The largest absolute Gasteiger partial charge is 0.492 e. The molecule has 6 heteroatoms. The number of rotatable bonds is 5. The van der Waals surface area contributed by atoms with Crippen molar-refractivity contribution in [3.8, 4) is 5.75 Å². The van der Waals surface area contributed by atoms with Crippen molar-refractivity contribution < 1.29 is 4.74 Å². The summed E-state index contributed by atoms with van der Waals surface area (Å²) >= 11 is 3.40. The quantitative estimate of drug-likeness (QED) is 0.916. The Hall–Kier alpha value is -1.40. The average Bonchev–Trinajstić information content (AvgIpc) is 2.77. The van der Waals surface area contributed by atoms with Crippen LogP contribution in [0.15, 0.2) is 34.9 Å². The minimum absolute atomic E-state index is 0.469. The van der Waals surface area contributed by atoms with Crippen molar-refractivity contribution in [2.75, 3.05) is 6.61 Å². The highest BCUT2D eigenvalue weighted by Crippen LogP contribution is 2.17. The fourth-order valence-electron chi connectivity index (χ4n) is 1.52. The number of aromatic nitrogens is 3. The number of hydrogen-bond donors (Lipinski definition) is 1. The first kappa shape index (κ1) is 14.0. The molecule has 0 aliphatic rings. The second kappa shape index (κ2) is 5.71. The van der Waals surface area contributed by atoms with Crippen LogP contribution in [-0.2, 0) is 12.1 Å². The molecule has 0 spiro atoms. The molecule has 0 fully saturated rings. The molecule has 0 saturated carbocycles. The Morgan fingerprint density at radius 2 is 2.21 bits per heavy atom. The molecular formula is C13H17BrN4O. The van der Waals surface area contributed by atoms with Gasteiger partial charge in [0.05, 0.1) is 18.3 Å². The van der Waals surface area contributed by atoms with E-state index in [0.29, 0.717) is 13.2 Å². The summed E-state index contributed by atoms with van der Waals surface area (Å²) < 4.78 is 8.37. The Morgan fingerprint density at radius 1 is 1.42 bits per heavy atom. The van der Waals surface area contributed by atoms with E-state index in [1.165, 1.54) is 0 Å². The molecule has 5 nitrogen and oxygen atoms in total. The number of halogens is 1. The van der Waals surface area contributed by atoms with Crippen LogP contribution in [0.25, 0.3) is 0 Å². The normalized spacial score (nSPS) is 11.6. The predicted molar refractivity (Wildman–Crippen MR) is 76.9 cm³/mol. The third kappa shape index (κ3) is 4.04. The topological polar surface area (TPSA) is 66.0 Å². The summed E-state index contributed by atoms with van der Waals surface area (Å²) in [5, 5.41) is 8.08. The van der Waals surface area contributed by atoms with E-state index < -0.39 is 5.54 Å². The molecule has 0 aliphatic carbocycles. The Balaban J connectivity index is 1.88. The van der Waals surface area contributed by atoms with Gasteiger partial charge in [-0.05, 0) is 32.0 Å². The summed E-state index contributed by atoms with van der Waals surface area (Å²) in [5.41, 5.74) is 6.26. The Morgan fingerprint density at radius 3 is 2.84 bits per heavy atom. The van der Waals surface area contributed by atoms with E-state index in [-0.39, 0.29) is 0 Å². The third-order valence-corrected chi connectivity index (χ3v) is 3.08. The van der Waals surface area contributed by atoms with Crippen molar-refractivity contribution in [1.82, 2.24) is 15.0 Å². The molecule has 102 valence electrons. The number of nitrogens with two attached hydrogens (primary N) is 1. The zero-order valence-corrected chi connectivity index (χ0v) is 12.6. The minimum atomic E-state index is -0.469. The van der Waals surface area contributed by atoms with Gasteiger partial charge in [-0.25, -0.2) is 4.68 Å². The first-order valence-corrected chi connectivity index (χ1v) is 6.82. The SMILES string of the molecule is CC(C)(N)c1cn(CCOc2cccc(Br)c2)nn1. The molecule has 0 radical (unpaired) electrons. The van der Waals surface area contributed by atoms with E-state index in [4.69, 9.17) is 10.5 Å². The van der Waals surface area contributed by atoms with Gasteiger partial charge in [-0.2, -0.15) is 0 Å². The fourth-order valence-corrected chi connectivity index (χ4v) is 1.89. The van der Waals surface area contributed by atoms with Gasteiger partial charge < -0.3 is 10.5 Å². The lowest BCUT2D eigenvalue weighted by Gasteiger charge is -2.13. The summed E-state index contributed by atoms with van der Waals surface area (Å²) in [4.78, 5) is 0. The van der Waals surface area contributed by atoms with Crippen LogP contribution in [-0.4, -0.2) is 21.6 Å². The fraction of sp³-hybridized carbons (Fsp3) is 0.385. The van der Waals surface area contributed by atoms with Gasteiger partial charge in [0.1, 0.15) is 18.1 Å². The van der Waals surface area contributed by atoms with E-state index >= 15 is 0 Å². The second-order valence-corrected chi connectivity index (χ2v) is 5.81. The van der Waals surface area contributed by atoms with Gasteiger partial charge in [-0.3, -0.25) is 0 Å². The highest BCUT2D eigenvalue weighted by atomic mass is 79.9. The monoisotopic (exact) mass is 324 g/mol. The number of hydrogen-bond acceptors (Lipinski definition) is 4. The third-order valence-electron chi connectivity index (χ3n) is 2.58. The van der Waals surface area contributed by atoms with Gasteiger partial charge >= 0.3 is 0 Å². The van der Waals surface area contributed by atoms with Crippen molar-refractivity contribution >= 4 is 15.9 Å². The van der Waals surface area contributed by atoms with Crippen LogP contribution in [0, 0.1) is 0 Å². The lowest BCUT2D eigenvalue weighted by Crippen LogP contribution is -2.29. The first-order chi connectivity index (χ1) is 8.95. The lowest BCUT2D eigenvalue weighted by atomic mass is 10.0. The zero-order valence-electron chi connectivity index (χ0n) is 11.0. The summed E-state index contributed by atoms with van der Waals surface area (Å²) in [5.74, 6) is 0.828. The molecule has 2 N–H and O–H groups in total. The summed E-state index contributed by atoms with van der Waals surface area (Å²) in [7, 11) is 0. The molecular weight excluding hydrogens is 308 g/mol. The van der Waals surface area contributed by atoms with E-state index in [1.54, 1.807) is 4.68 Å². The van der Waals surface area contributed by atoms with Crippen molar-refractivity contribution in [2.45, 2.75) is 25.9 Å². The van der Waals surface area contributed by atoms with Crippen molar-refractivity contribution in [3.63, 3.8) is 0 Å². The minimum Gasteiger partial charge on any atom is -0.492 e. The van der Waals surface area contributed by atoms with E-state index in [9.17, 15) is 0 Å². The van der Waals surface area contributed by atoms with Crippen LogP contribution < -0.4 is 10.5 Å². The van der Waals surface area contributed by atoms with Crippen molar-refractivity contribution in [1.29, 1.82) is 0 Å². The summed E-state index contributed by atoms with van der Waals surface area (Å²) in [6.45, 7) is 4.97. The molecule has 0 aliphatic heterocycles. The maximum Gasteiger partial charge on any atom is 0.120 e. The smallest absolute Gasteiger partial charge is 0.120 e. The van der Waals surface area contributed by atoms with E-state index in [1.807, 2.05) is 44.3 Å².